The van der Waals surface area contributed by atoms with Crippen molar-refractivity contribution in [3.8, 4) is 11.5 Å². The highest BCUT2D eigenvalue weighted by molar-refractivity contribution is 5.68. The molecule has 1 aromatic rings. The SMILES string of the molecule is COC(=O)N1C[C@@H](c2ccc(OC)c(OC3CCCC3)c2)[C@](C)(C(C)C)C1. The lowest BCUT2D eigenvalue weighted by Crippen LogP contribution is -2.34. The van der Waals surface area contributed by atoms with Gasteiger partial charge in [-0.3, -0.25) is 0 Å². The summed E-state index contributed by atoms with van der Waals surface area (Å²) < 4.78 is 16.8. The molecule has 1 saturated heterocycles. The zero-order valence-corrected chi connectivity index (χ0v) is 17.3. The number of hydrogen-bond donors (Lipinski definition) is 0. The number of hydrogen-bond acceptors (Lipinski definition) is 4. The van der Waals surface area contributed by atoms with E-state index in [-0.39, 0.29) is 23.5 Å². The van der Waals surface area contributed by atoms with E-state index >= 15 is 0 Å². The molecule has 0 unspecified atom stereocenters. The van der Waals surface area contributed by atoms with E-state index in [9.17, 15) is 4.79 Å². The van der Waals surface area contributed by atoms with E-state index in [1.54, 1.807) is 7.11 Å². The molecule has 3 rings (SSSR count). The summed E-state index contributed by atoms with van der Waals surface area (Å²) in [6.07, 6.45) is 4.71. The molecule has 1 saturated carbocycles. The first-order valence-corrected chi connectivity index (χ1v) is 10.1. The number of likely N-dealkylation sites (tertiary alicyclic amines) is 1. The van der Waals surface area contributed by atoms with Gasteiger partial charge in [-0.2, -0.15) is 0 Å². The maximum Gasteiger partial charge on any atom is 0.409 e. The molecule has 5 heteroatoms. The molecule has 0 radical (unpaired) electrons. The Morgan fingerprint density at radius 1 is 1.19 bits per heavy atom. The predicted molar refractivity (Wildman–Crippen MR) is 106 cm³/mol. The Balaban J connectivity index is 1.91. The van der Waals surface area contributed by atoms with Gasteiger partial charge in [0, 0.05) is 19.0 Å². The number of methoxy groups -OCH3 is 2. The minimum absolute atomic E-state index is 0.0204. The van der Waals surface area contributed by atoms with Gasteiger partial charge in [-0.25, -0.2) is 4.79 Å². The Kier molecular flexibility index (Phi) is 5.87. The van der Waals surface area contributed by atoms with Gasteiger partial charge >= 0.3 is 6.09 Å². The third kappa shape index (κ3) is 3.87. The molecule has 2 atom stereocenters. The molecule has 1 heterocycles. The zero-order valence-electron chi connectivity index (χ0n) is 17.3. The van der Waals surface area contributed by atoms with Gasteiger partial charge in [0.05, 0.1) is 20.3 Å². The molecular formula is C22H33NO4. The molecule has 2 fully saturated rings. The van der Waals surface area contributed by atoms with Gasteiger partial charge in [0.1, 0.15) is 0 Å². The maximum atomic E-state index is 12.2. The summed E-state index contributed by atoms with van der Waals surface area (Å²) in [5.74, 6) is 2.26. The van der Waals surface area contributed by atoms with Crippen LogP contribution in [0.25, 0.3) is 0 Å². The largest absolute Gasteiger partial charge is 0.493 e. The lowest BCUT2D eigenvalue weighted by atomic mass is 9.69. The lowest BCUT2D eigenvalue weighted by Gasteiger charge is -2.35. The van der Waals surface area contributed by atoms with Crippen molar-refractivity contribution in [2.75, 3.05) is 27.3 Å². The van der Waals surface area contributed by atoms with Gasteiger partial charge in [-0.05, 0) is 54.7 Å². The van der Waals surface area contributed by atoms with E-state index in [1.165, 1.54) is 25.5 Å². The van der Waals surface area contributed by atoms with Crippen molar-refractivity contribution >= 4 is 6.09 Å². The van der Waals surface area contributed by atoms with Gasteiger partial charge in [0.2, 0.25) is 0 Å². The van der Waals surface area contributed by atoms with Crippen LogP contribution in [0.2, 0.25) is 0 Å². The number of amides is 1. The fourth-order valence-electron chi connectivity index (χ4n) is 4.54. The number of carbonyl (C=O) groups excluding carboxylic acids is 1. The third-order valence-electron chi connectivity index (χ3n) is 6.67. The summed E-state index contributed by atoms with van der Waals surface area (Å²) in [5, 5.41) is 0. The van der Waals surface area contributed by atoms with Gasteiger partial charge in [-0.1, -0.05) is 26.8 Å². The first-order valence-electron chi connectivity index (χ1n) is 10.1. The van der Waals surface area contributed by atoms with Crippen molar-refractivity contribution in [3.05, 3.63) is 23.8 Å². The Morgan fingerprint density at radius 2 is 1.89 bits per heavy atom. The van der Waals surface area contributed by atoms with Gasteiger partial charge < -0.3 is 19.1 Å². The molecule has 0 N–H and O–H groups in total. The van der Waals surface area contributed by atoms with E-state index in [0.29, 0.717) is 19.0 Å². The van der Waals surface area contributed by atoms with Crippen LogP contribution in [0.5, 0.6) is 11.5 Å². The molecule has 27 heavy (non-hydrogen) atoms. The molecule has 1 amide bonds. The van der Waals surface area contributed by atoms with Crippen molar-refractivity contribution in [3.63, 3.8) is 0 Å². The minimum atomic E-state index is -0.250. The van der Waals surface area contributed by atoms with Crippen LogP contribution in [0.1, 0.15) is 57.9 Å². The summed E-state index contributed by atoms with van der Waals surface area (Å²) in [7, 11) is 3.13. The Labute approximate surface area is 163 Å². The van der Waals surface area contributed by atoms with Crippen LogP contribution in [-0.4, -0.2) is 44.4 Å². The average Bonchev–Trinajstić information content (AvgIpc) is 3.29. The van der Waals surface area contributed by atoms with E-state index < -0.39 is 0 Å². The second-order valence-corrected chi connectivity index (χ2v) is 8.50. The molecule has 0 bridgehead atoms. The van der Waals surface area contributed by atoms with Crippen LogP contribution in [0.15, 0.2) is 18.2 Å². The second-order valence-electron chi connectivity index (χ2n) is 8.50. The Morgan fingerprint density at radius 3 is 2.48 bits per heavy atom. The highest BCUT2D eigenvalue weighted by Crippen LogP contribution is 2.49. The maximum absolute atomic E-state index is 12.2. The van der Waals surface area contributed by atoms with E-state index in [0.717, 1.165) is 24.3 Å². The summed E-state index contributed by atoms with van der Waals surface area (Å²) in [5.41, 5.74) is 1.18. The first-order chi connectivity index (χ1) is 12.9. The smallest absolute Gasteiger partial charge is 0.409 e. The van der Waals surface area contributed by atoms with Crippen LogP contribution in [-0.2, 0) is 4.74 Å². The number of benzene rings is 1. The monoisotopic (exact) mass is 375 g/mol. The fraction of sp³-hybridized carbons (Fsp3) is 0.682. The molecule has 5 nitrogen and oxygen atoms in total. The molecule has 0 aromatic heterocycles. The van der Waals surface area contributed by atoms with Crippen molar-refractivity contribution in [2.24, 2.45) is 11.3 Å². The zero-order chi connectivity index (χ0) is 19.6. The summed E-state index contributed by atoms with van der Waals surface area (Å²) >= 11 is 0. The minimum Gasteiger partial charge on any atom is -0.493 e. The Bertz CT molecular complexity index is 668. The van der Waals surface area contributed by atoms with E-state index in [2.05, 4.69) is 32.9 Å². The molecule has 0 spiro atoms. The molecule has 1 aliphatic carbocycles. The first kappa shape index (κ1) is 19.8. The average molecular weight is 376 g/mol. The van der Waals surface area contributed by atoms with Crippen molar-refractivity contribution in [1.29, 1.82) is 0 Å². The number of rotatable bonds is 5. The number of carbonyl (C=O) groups is 1. The summed E-state index contributed by atoms with van der Waals surface area (Å²) in [6.45, 7) is 8.09. The second kappa shape index (κ2) is 7.99. The third-order valence-corrected chi connectivity index (χ3v) is 6.67. The highest BCUT2D eigenvalue weighted by atomic mass is 16.5. The molecule has 1 aliphatic heterocycles. The van der Waals surface area contributed by atoms with Crippen molar-refractivity contribution in [1.82, 2.24) is 4.90 Å². The van der Waals surface area contributed by atoms with Gasteiger partial charge in [0.15, 0.2) is 11.5 Å². The van der Waals surface area contributed by atoms with E-state index in [1.807, 2.05) is 11.0 Å². The number of ether oxygens (including phenoxy) is 3. The van der Waals surface area contributed by atoms with E-state index in [4.69, 9.17) is 14.2 Å². The van der Waals surface area contributed by atoms with Crippen LogP contribution in [0, 0.1) is 11.3 Å². The quantitative estimate of drug-likeness (QED) is 0.738. The Hall–Kier alpha value is -1.91. The molecule has 2 aliphatic rings. The fourth-order valence-corrected chi connectivity index (χ4v) is 4.54. The highest BCUT2D eigenvalue weighted by Gasteiger charge is 2.47. The van der Waals surface area contributed by atoms with Crippen LogP contribution in [0.3, 0.4) is 0 Å². The van der Waals surface area contributed by atoms with Crippen LogP contribution >= 0.6 is 0 Å². The molecular weight excluding hydrogens is 342 g/mol. The standard InChI is InChI=1S/C22H33NO4/c1-15(2)22(3)14-23(21(24)26-5)13-18(22)16-10-11-19(25-4)20(12-16)27-17-8-6-7-9-17/h10-12,15,17-18H,6-9,13-14H2,1-5H3/t18-,22-/m0/s1. The lowest BCUT2D eigenvalue weighted by molar-refractivity contribution is 0.123. The predicted octanol–water partition coefficient (Wildman–Crippen LogP) is 4.84. The normalized spacial score (nSPS) is 25.9. The number of nitrogens with zero attached hydrogens (tertiary/aromatic N) is 1. The summed E-state index contributed by atoms with van der Waals surface area (Å²) in [6, 6.07) is 6.25. The molecule has 1 aromatic carbocycles. The topological polar surface area (TPSA) is 48.0 Å². The van der Waals surface area contributed by atoms with Crippen LogP contribution < -0.4 is 9.47 Å². The molecule has 150 valence electrons. The van der Waals surface area contributed by atoms with Crippen molar-refractivity contribution < 1.29 is 19.0 Å². The van der Waals surface area contributed by atoms with Gasteiger partial charge in [0.25, 0.3) is 0 Å². The van der Waals surface area contributed by atoms with Crippen LogP contribution in [0.4, 0.5) is 4.79 Å². The summed E-state index contributed by atoms with van der Waals surface area (Å²) in [4.78, 5) is 14.0. The van der Waals surface area contributed by atoms with Crippen molar-refractivity contribution in [2.45, 2.75) is 58.5 Å². The van der Waals surface area contributed by atoms with Gasteiger partial charge in [-0.15, -0.1) is 0 Å².